The Labute approximate surface area is 129 Å². The van der Waals surface area contributed by atoms with E-state index in [0.717, 1.165) is 24.8 Å². The van der Waals surface area contributed by atoms with Gasteiger partial charge in [0, 0.05) is 0 Å². The molecule has 1 aromatic heterocycles. The monoisotopic (exact) mass is 325 g/mol. The fourth-order valence-electron chi connectivity index (χ4n) is 2.57. The minimum Gasteiger partial charge on any atom is -0.448 e. The van der Waals surface area contributed by atoms with Crippen molar-refractivity contribution in [3.63, 3.8) is 0 Å². The Balaban J connectivity index is 1.78. The lowest BCUT2D eigenvalue weighted by Gasteiger charge is -2.16. The molecule has 0 amide bonds. The van der Waals surface area contributed by atoms with Gasteiger partial charge in [0.25, 0.3) is 0 Å². The van der Waals surface area contributed by atoms with Gasteiger partial charge in [0.15, 0.2) is 5.22 Å². The number of hydrogen-bond acceptors (Lipinski definition) is 3. The number of halogens is 1. The summed E-state index contributed by atoms with van der Waals surface area (Å²) in [5, 5.41) is 0.248. The van der Waals surface area contributed by atoms with Gasteiger partial charge in [0.1, 0.15) is 5.76 Å². The lowest BCUT2D eigenvalue weighted by atomic mass is 9.92. The van der Waals surface area contributed by atoms with E-state index in [1.54, 1.807) is 24.3 Å². The van der Waals surface area contributed by atoms with Crippen molar-refractivity contribution in [3.8, 4) is 0 Å². The molecule has 21 heavy (non-hydrogen) atoms. The van der Waals surface area contributed by atoms with Crippen LogP contribution in [0.1, 0.15) is 29.7 Å². The maximum absolute atomic E-state index is 12.3. The van der Waals surface area contributed by atoms with Crippen molar-refractivity contribution in [1.29, 1.82) is 0 Å². The topological polar surface area (TPSA) is 59.3 Å². The van der Waals surface area contributed by atoms with Crippen LogP contribution in [-0.4, -0.2) is 8.42 Å². The van der Waals surface area contributed by atoms with Gasteiger partial charge in [-0.25, -0.2) is 13.1 Å². The predicted octanol–water partition coefficient (Wildman–Crippen LogP) is 3.29. The van der Waals surface area contributed by atoms with E-state index >= 15 is 0 Å². The van der Waals surface area contributed by atoms with Crippen LogP contribution in [0.25, 0.3) is 0 Å². The zero-order valence-corrected chi connectivity index (χ0v) is 13.0. The number of hydrogen-bond donors (Lipinski definition) is 1. The standard InChI is InChI=1S/C15H16ClNO3S/c16-15-8-6-13(20-15)10-17-21(18,19)14-7-5-11-3-1-2-4-12(11)9-14/h5-9,17H,1-4,10H2. The molecule has 2 aromatic rings. The molecule has 0 aliphatic heterocycles. The molecule has 3 rings (SSSR count). The fraction of sp³-hybridized carbons (Fsp3) is 0.333. The van der Waals surface area contributed by atoms with Crippen LogP contribution >= 0.6 is 11.6 Å². The van der Waals surface area contributed by atoms with E-state index in [4.69, 9.17) is 16.0 Å². The van der Waals surface area contributed by atoms with Gasteiger partial charge < -0.3 is 4.42 Å². The van der Waals surface area contributed by atoms with Crippen molar-refractivity contribution in [3.05, 3.63) is 52.4 Å². The molecule has 112 valence electrons. The molecule has 0 saturated carbocycles. The molecule has 1 aromatic carbocycles. The van der Waals surface area contributed by atoms with Crippen LogP contribution in [0.5, 0.6) is 0 Å². The fourth-order valence-corrected chi connectivity index (χ4v) is 3.78. The Morgan fingerprint density at radius 3 is 2.57 bits per heavy atom. The molecule has 0 radical (unpaired) electrons. The molecule has 4 nitrogen and oxygen atoms in total. The van der Waals surface area contributed by atoms with Crippen molar-refractivity contribution in [2.24, 2.45) is 0 Å². The molecule has 0 bridgehead atoms. The Kier molecular flexibility index (Phi) is 4.06. The maximum Gasteiger partial charge on any atom is 0.240 e. The minimum atomic E-state index is -3.54. The van der Waals surface area contributed by atoms with E-state index in [1.807, 2.05) is 6.07 Å². The van der Waals surface area contributed by atoms with Gasteiger partial charge in [-0.15, -0.1) is 0 Å². The second kappa shape index (κ2) is 5.83. The Hall–Kier alpha value is -1.30. The van der Waals surface area contributed by atoms with Crippen LogP contribution in [0.3, 0.4) is 0 Å². The van der Waals surface area contributed by atoms with E-state index in [9.17, 15) is 8.42 Å². The van der Waals surface area contributed by atoms with Crippen LogP contribution in [0, 0.1) is 0 Å². The molecule has 1 heterocycles. The number of furan rings is 1. The van der Waals surface area contributed by atoms with Crippen molar-refractivity contribution < 1.29 is 12.8 Å². The van der Waals surface area contributed by atoms with E-state index < -0.39 is 10.0 Å². The van der Waals surface area contributed by atoms with Gasteiger partial charge in [-0.2, -0.15) is 0 Å². The van der Waals surface area contributed by atoms with Crippen molar-refractivity contribution >= 4 is 21.6 Å². The summed E-state index contributed by atoms with van der Waals surface area (Å²) in [5.74, 6) is 0.488. The molecule has 0 atom stereocenters. The third-order valence-corrected chi connectivity index (χ3v) is 5.30. The first-order valence-electron chi connectivity index (χ1n) is 6.90. The summed E-state index contributed by atoms with van der Waals surface area (Å²) in [7, 11) is -3.54. The number of benzene rings is 1. The van der Waals surface area contributed by atoms with E-state index in [2.05, 4.69) is 4.72 Å². The first-order valence-corrected chi connectivity index (χ1v) is 8.76. The highest BCUT2D eigenvalue weighted by molar-refractivity contribution is 7.89. The molecule has 1 N–H and O–H groups in total. The average Bonchev–Trinajstić information content (AvgIpc) is 2.90. The normalized spacial score (nSPS) is 14.9. The quantitative estimate of drug-likeness (QED) is 0.938. The highest BCUT2D eigenvalue weighted by atomic mass is 35.5. The molecule has 0 saturated heterocycles. The lowest BCUT2D eigenvalue weighted by Crippen LogP contribution is -2.23. The Morgan fingerprint density at radius 2 is 1.86 bits per heavy atom. The van der Waals surface area contributed by atoms with Gasteiger partial charge >= 0.3 is 0 Å². The van der Waals surface area contributed by atoms with Crippen molar-refractivity contribution in [2.75, 3.05) is 0 Å². The van der Waals surface area contributed by atoms with Crippen LogP contribution in [0.15, 0.2) is 39.6 Å². The minimum absolute atomic E-state index is 0.0894. The second-order valence-corrected chi connectivity index (χ2v) is 7.31. The van der Waals surface area contributed by atoms with Crippen LogP contribution in [0.2, 0.25) is 5.22 Å². The zero-order valence-electron chi connectivity index (χ0n) is 11.4. The summed E-state index contributed by atoms with van der Waals surface area (Å²) in [4.78, 5) is 0.306. The van der Waals surface area contributed by atoms with Gasteiger partial charge in [0.05, 0.1) is 11.4 Å². The number of aryl methyl sites for hydroxylation is 2. The summed E-state index contributed by atoms with van der Waals surface area (Å²) in [6.07, 6.45) is 4.28. The smallest absolute Gasteiger partial charge is 0.240 e. The highest BCUT2D eigenvalue weighted by Crippen LogP contribution is 2.24. The molecule has 0 unspecified atom stereocenters. The summed E-state index contributed by atoms with van der Waals surface area (Å²) in [6, 6.07) is 8.61. The lowest BCUT2D eigenvalue weighted by molar-refractivity contribution is 0.500. The van der Waals surface area contributed by atoms with Gasteiger partial charge in [-0.1, -0.05) is 6.07 Å². The SMILES string of the molecule is O=S(=O)(NCc1ccc(Cl)o1)c1ccc2c(c1)CCCC2. The maximum atomic E-state index is 12.3. The molecule has 0 spiro atoms. The largest absolute Gasteiger partial charge is 0.448 e. The molecular formula is C15H16ClNO3S. The summed E-state index contributed by atoms with van der Waals surface area (Å²) in [6.45, 7) is 0.0894. The average molecular weight is 326 g/mol. The number of fused-ring (bicyclic) bond motifs is 1. The van der Waals surface area contributed by atoms with Gasteiger partial charge in [-0.3, -0.25) is 0 Å². The van der Waals surface area contributed by atoms with Crippen LogP contribution in [0.4, 0.5) is 0 Å². The van der Waals surface area contributed by atoms with Crippen LogP contribution < -0.4 is 4.72 Å². The third-order valence-electron chi connectivity index (χ3n) is 3.70. The van der Waals surface area contributed by atoms with Crippen molar-refractivity contribution in [2.45, 2.75) is 37.1 Å². The van der Waals surface area contributed by atoms with Gasteiger partial charge in [0.2, 0.25) is 10.0 Å². The second-order valence-electron chi connectivity index (χ2n) is 5.17. The Bertz CT molecular complexity index is 752. The summed E-state index contributed by atoms with van der Waals surface area (Å²) < 4.78 is 32.3. The van der Waals surface area contributed by atoms with E-state index in [1.165, 1.54) is 12.0 Å². The predicted molar refractivity (Wildman–Crippen MR) is 80.8 cm³/mol. The first kappa shape index (κ1) is 14.6. The number of sulfonamides is 1. The molecule has 1 aliphatic carbocycles. The molecule has 6 heteroatoms. The summed E-state index contributed by atoms with van der Waals surface area (Å²) in [5.41, 5.74) is 2.41. The van der Waals surface area contributed by atoms with Gasteiger partial charge in [-0.05, 0) is 72.7 Å². The zero-order chi connectivity index (χ0) is 14.9. The van der Waals surface area contributed by atoms with Crippen molar-refractivity contribution in [1.82, 2.24) is 4.72 Å². The summed E-state index contributed by atoms with van der Waals surface area (Å²) >= 11 is 5.66. The Morgan fingerprint density at radius 1 is 1.10 bits per heavy atom. The molecular weight excluding hydrogens is 310 g/mol. The number of nitrogens with one attached hydrogen (secondary N) is 1. The highest BCUT2D eigenvalue weighted by Gasteiger charge is 2.18. The first-order chi connectivity index (χ1) is 10.0. The molecule has 1 aliphatic rings. The van der Waals surface area contributed by atoms with E-state index in [-0.39, 0.29) is 11.8 Å². The third kappa shape index (κ3) is 3.31. The molecule has 0 fully saturated rings. The van der Waals surface area contributed by atoms with Crippen LogP contribution in [-0.2, 0) is 29.4 Å². The number of rotatable bonds is 4. The van der Waals surface area contributed by atoms with E-state index in [0.29, 0.717) is 10.7 Å².